The molecule has 1 heterocycles. The Labute approximate surface area is 125 Å². The Bertz CT molecular complexity index is 472. The molecular formula is C18H24F2O. The maximum atomic E-state index is 13.9. The third-order valence-corrected chi connectivity index (χ3v) is 5.32. The normalized spacial score (nSPS) is 33.9. The van der Waals surface area contributed by atoms with Crippen LogP contribution in [-0.4, -0.2) is 12.7 Å². The Balaban J connectivity index is 1.59. The topological polar surface area (TPSA) is 9.23 Å². The molecule has 1 aromatic rings. The van der Waals surface area contributed by atoms with Crippen LogP contribution in [0, 0.1) is 23.5 Å². The number of rotatable bonds is 2. The molecule has 3 rings (SSSR count). The van der Waals surface area contributed by atoms with E-state index < -0.39 is 11.6 Å². The predicted molar refractivity (Wildman–Crippen MR) is 79.2 cm³/mol. The molecule has 1 saturated heterocycles. The van der Waals surface area contributed by atoms with Crippen molar-refractivity contribution in [2.45, 2.75) is 57.5 Å². The highest BCUT2D eigenvalue weighted by molar-refractivity contribution is 5.23. The van der Waals surface area contributed by atoms with Gasteiger partial charge in [0, 0.05) is 5.92 Å². The van der Waals surface area contributed by atoms with Crippen LogP contribution in [-0.2, 0) is 4.74 Å². The lowest BCUT2D eigenvalue weighted by Crippen LogP contribution is -2.33. The highest BCUT2D eigenvalue weighted by Gasteiger charge is 2.32. The van der Waals surface area contributed by atoms with Crippen LogP contribution in [0.25, 0.3) is 0 Å². The van der Waals surface area contributed by atoms with Crippen molar-refractivity contribution in [1.82, 2.24) is 0 Å². The van der Waals surface area contributed by atoms with E-state index >= 15 is 0 Å². The van der Waals surface area contributed by atoms with E-state index in [-0.39, 0.29) is 5.92 Å². The van der Waals surface area contributed by atoms with Gasteiger partial charge in [0.1, 0.15) is 0 Å². The fraction of sp³-hybridized carbons (Fsp3) is 0.667. The molecule has 116 valence electrons. The van der Waals surface area contributed by atoms with E-state index in [9.17, 15) is 8.78 Å². The molecule has 3 heteroatoms. The van der Waals surface area contributed by atoms with E-state index in [1.54, 1.807) is 12.1 Å². The van der Waals surface area contributed by atoms with Crippen LogP contribution in [0.2, 0.25) is 0 Å². The maximum absolute atomic E-state index is 13.9. The van der Waals surface area contributed by atoms with Gasteiger partial charge in [0.15, 0.2) is 11.6 Å². The monoisotopic (exact) mass is 294 g/mol. The lowest BCUT2D eigenvalue weighted by atomic mass is 9.77. The summed E-state index contributed by atoms with van der Waals surface area (Å²) in [5, 5.41) is 0. The number of halogens is 2. The standard InChI is InChI=1S/C18H24F2O/c1-12-5-7-13(8-6-12)17-10-9-14(11-21-17)15-3-2-4-16(19)18(15)20/h2-4,12-14,17H,5-11H2,1H3. The lowest BCUT2D eigenvalue weighted by molar-refractivity contribution is -0.0432. The summed E-state index contributed by atoms with van der Waals surface area (Å²) in [6.07, 6.45) is 7.30. The summed E-state index contributed by atoms with van der Waals surface area (Å²) in [5.41, 5.74) is 0.478. The summed E-state index contributed by atoms with van der Waals surface area (Å²) in [5.74, 6) is 0.0601. The van der Waals surface area contributed by atoms with Crippen molar-refractivity contribution in [3.63, 3.8) is 0 Å². The van der Waals surface area contributed by atoms with E-state index in [1.807, 2.05) is 0 Å². The first-order chi connectivity index (χ1) is 10.1. The van der Waals surface area contributed by atoms with Crippen LogP contribution in [0.4, 0.5) is 8.78 Å². The Morgan fingerprint density at radius 1 is 1.00 bits per heavy atom. The lowest BCUT2D eigenvalue weighted by Gasteiger charge is -2.37. The van der Waals surface area contributed by atoms with E-state index in [2.05, 4.69) is 6.92 Å². The molecule has 0 bridgehead atoms. The molecule has 2 fully saturated rings. The summed E-state index contributed by atoms with van der Waals surface area (Å²) >= 11 is 0. The van der Waals surface area contributed by atoms with Crippen LogP contribution in [0.15, 0.2) is 18.2 Å². The van der Waals surface area contributed by atoms with Crippen molar-refractivity contribution < 1.29 is 13.5 Å². The number of hydrogen-bond acceptors (Lipinski definition) is 1. The van der Waals surface area contributed by atoms with Crippen LogP contribution >= 0.6 is 0 Å². The second-order valence-electron chi connectivity index (χ2n) is 6.81. The summed E-state index contributed by atoms with van der Waals surface area (Å²) in [6.45, 7) is 2.85. The first-order valence-corrected chi connectivity index (χ1v) is 8.20. The average molecular weight is 294 g/mol. The van der Waals surface area contributed by atoms with Gasteiger partial charge in [-0.15, -0.1) is 0 Å². The van der Waals surface area contributed by atoms with Crippen LogP contribution < -0.4 is 0 Å². The zero-order valence-corrected chi connectivity index (χ0v) is 12.7. The molecule has 0 N–H and O–H groups in total. The van der Waals surface area contributed by atoms with Crippen LogP contribution in [0.5, 0.6) is 0 Å². The molecule has 2 aliphatic rings. The van der Waals surface area contributed by atoms with Crippen molar-refractivity contribution in [2.24, 2.45) is 11.8 Å². The molecular weight excluding hydrogens is 270 g/mol. The molecule has 2 unspecified atom stereocenters. The van der Waals surface area contributed by atoms with Gasteiger partial charge in [-0.2, -0.15) is 0 Å². The van der Waals surface area contributed by atoms with Gasteiger partial charge in [0.05, 0.1) is 12.7 Å². The molecule has 1 aromatic carbocycles. The van der Waals surface area contributed by atoms with Crippen molar-refractivity contribution in [3.8, 4) is 0 Å². The Hall–Kier alpha value is -0.960. The van der Waals surface area contributed by atoms with Gasteiger partial charge in [-0.05, 0) is 49.1 Å². The fourth-order valence-corrected chi connectivity index (χ4v) is 3.88. The summed E-state index contributed by atoms with van der Waals surface area (Å²) in [6, 6.07) is 4.45. The first kappa shape index (κ1) is 15.0. The zero-order chi connectivity index (χ0) is 14.8. The molecule has 1 aliphatic heterocycles. The van der Waals surface area contributed by atoms with Crippen LogP contribution in [0.3, 0.4) is 0 Å². The van der Waals surface area contributed by atoms with E-state index in [0.717, 1.165) is 18.8 Å². The third-order valence-electron chi connectivity index (χ3n) is 5.32. The van der Waals surface area contributed by atoms with Gasteiger partial charge in [0.2, 0.25) is 0 Å². The molecule has 0 radical (unpaired) electrons. The van der Waals surface area contributed by atoms with Gasteiger partial charge < -0.3 is 4.74 Å². The van der Waals surface area contributed by atoms with Gasteiger partial charge >= 0.3 is 0 Å². The highest BCUT2D eigenvalue weighted by atomic mass is 19.2. The van der Waals surface area contributed by atoms with Gasteiger partial charge in [-0.3, -0.25) is 0 Å². The third kappa shape index (κ3) is 3.28. The summed E-state index contributed by atoms with van der Waals surface area (Å²) in [7, 11) is 0. The van der Waals surface area contributed by atoms with Gasteiger partial charge in [-0.25, -0.2) is 8.78 Å². The fourth-order valence-electron chi connectivity index (χ4n) is 3.88. The number of ether oxygens (including phenoxy) is 1. The largest absolute Gasteiger partial charge is 0.377 e. The smallest absolute Gasteiger partial charge is 0.162 e. The highest BCUT2D eigenvalue weighted by Crippen LogP contribution is 2.38. The van der Waals surface area contributed by atoms with Crippen molar-refractivity contribution in [2.75, 3.05) is 6.61 Å². The van der Waals surface area contributed by atoms with E-state index in [1.165, 1.54) is 31.7 Å². The molecule has 1 nitrogen and oxygen atoms in total. The number of benzene rings is 1. The minimum atomic E-state index is -0.754. The minimum Gasteiger partial charge on any atom is -0.377 e. The zero-order valence-electron chi connectivity index (χ0n) is 12.7. The Kier molecular flexibility index (Phi) is 4.58. The predicted octanol–water partition coefficient (Wildman–Crippen LogP) is 5.05. The van der Waals surface area contributed by atoms with Gasteiger partial charge in [-0.1, -0.05) is 31.9 Å². The molecule has 1 aliphatic carbocycles. The SMILES string of the molecule is CC1CCC(C2CCC(c3cccc(F)c3F)CO2)CC1. The molecule has 0 amide bonds. The quantitative estimate of drug-likeness (QED) is 0.741. The summed E-state index contributed by atoms with van der Waals surface area (Å²) < 4.78 is 33.2. The molecule has 21 heavy (non-hydrogen) atoms. The van der Waals surface area contributed by atoms with Crippen LogP contribution in [0.1, 0.15) is 56.9 Å². The van der Waals surface area contributed by atoms with Crippen molar-refractivity contribution in [1.29, 1.82) is 0 Å². The second-order valence-corrected chi connectivity index (χ2v) is 6.81. The molecule has 0 aromatic heterocycles. The van der Waals surface area contributed by atoms with E-state index in [4.69, 9.17) is 4.74 Å². The number of hydrogen-bond donors (Lipinski definition) is 0. The first-order valence-electron chi connectivity index (χ1n) is 8.20. The maximum Gasteiger partial charge on any atom is 0.162 e. The summed E-state index contributed by atoms with van der Waals surface area (Å²) in [4.78, 5) is 0. The minimum absolute atomic E-state index is 0.000496. The second kappa shape index (κ2) is 6.43. The van der Waals surface area contributed by atoms with Crippen molar-refractivity contribution >= 4 is 0 Å². The Morgan fingerprint density at radius 3 is 2.43 bits per heavy atom. The van der Waals surface area contributed by atoms with Gasteiger partial charge in [0.25, 0.3) is 0 Å². The van der Waals surface area contributed by atoms with Crippen molar-refractivity contribution in [3.05, 3.63) is 35.4 Å². The molecule has 2 atom stereocenters. The van der Waals surface area contributed by atoms with E-state index in [0.29, 0.717) is 24.2 Å². The Morgan fingerprint density at radius 2 is 1.76 bits per heavy atom. The molecule has 1 saturated carbocycles. The molecule has 0 spiro atoms. The average Bonchev–Trinajstić information content (AvgIpc) is 2.51.